The summed E-state index contributed by atoms with van der Waals surface area (Å²) in [5.41, 5.74) is 7.66. The third-order valence-electron chi connectivity index (χ3n) is 9.63. The predicted molar refractivity (Wildman–Crippen MR) is 180 cm³/mol. The number of piperidine rings is 1. The van der Waals surface area contributed by atoms with E-state index in [1.54, 1.807) is 6.07 Å². The van der Waals surface area contributed by atoms with Crippen molar-refractivity contribution in [3.05, 3.63) is 81.2 Å². The maximum absolute atomic E-state index is 13.4. The molecular weight excluding hydrogens is 603 g/mol. The van der Waals surface area contributed by atoms with Gasteiger partial charge in [-0.15, -0.1) is 0 Å². The lowest BCUT2D eigenvalue weighted by Gasteiger charge is -2.41. The van der Waals surface area contributed by atoms with Crippen molar-refractivity contribution in [3.63, 3.8) is 0 Å². The Morgan fingerprint density at radius 3 is 2.28 bits per heavy atom. The molecule has 2 aromatic carbocycles. The van der Waals surface area contributed by atoms with Gasteiger partial charge in [-0.25, -0.2) is 4.79 Å². The molecule has 0 aliphatic carbocycles. The van der Waals surface area contributed by atoms with Crippen molar-refractivity contribution in [2.24, 2.45) is 5.41 Å². The maximum Gasteiger partial charge on any atom is 0.416 e. The Morgan fingerprint density at radius 2 is 1.66 bits per heavy atom. The van der Waals surface area contributed by atoms with Crippen LogP contribution in [0.4, 0.5) is 18.9 Å². The van der Waals surface area contributed by atoms with E-state index in [0.29, 0.717) is 29.9 Å². The van der Waals surface area contributed by atoms with Crippen LogP contribution in [0.1, 0.15) is 98.3 Å². The molecule has 2 aliphatic heterocycles. The molecule has 0 amide bonds. The van der Waals surface area contributed by atoms with Gasteiger partial charge in [0.15, 0.2) is 6.10 Å². The van der Waals surface area contributed by atoms with Crippen LogP contribution in [0, 0.1) is 26.2 Å². The van der Waals surface area contributed by atoms with E-state index < -0.39 is 29.4 Å². The first kappa shape index (κ1) is 34.9. The summed E-state index contributed by atoms with van der Waals surface area (Å²) >= 11 is 0. The summed E-state index contributed by atoms with van der Waals surface area (Å²) < 4.78 is 46.4. The highest BCUT2D eigenvalue weighted by Gasteiger charge is 2.37. The molecule has 5 rings (SSSR count). The van der Waals surface area contributed by atoms with Crippen molar-refractivity contribution in [2.45, 2.75) is 106 Å². The molecule has 1 unspecified atom stereocenters. The average Bonchev–Trinajstić information content (AvgIpc) is 2.96. The summed E-state index contributed by atoms with van der Waals surface area (Å²) in [4.78, 5) is 22.3. The second-order valence-corrected chi connectivity index (χ2v) is 15.1. The molecule has 6 nitrogen and oxygen atoms in total. The molecule has 0 saturated carbocycles. The van der Waals surface area contributed by atoms with Gasteiger partial charge in [0.25, 0.3) is 0 Å². The van der Waals surface area contributed by atoms with Crippen LogP contribution < -0.4 is 4.90 Å². The van der Waals surface area contributed by atoms with Crippen LogP contribution in [0.5, 0.6) is 0 Å². The Hall–Kier alpha value is -3.43. The molecule has 47 heavy (non-hydrogen) atoms. The zero-order valence-electron chi connectivity index (χ0n) is 28.9. The van der Waals surface area contributed by atoms with E-state index in [4.69, 9.17) is 9.72 Å². The number of nitrogens with zero attached hydrogens (tertiary/aromatic N) is 3. The van der Waals surface area contributed by atoms with Crippen molar-refractivity contribution >= 4 is 11.7 Å². The number of hydrogen-bond acceptors (Lipinski definition) is 5. The van der Waals surface area contributed by atoms with E-state index in [-0.39, 0.29) is 5.41 Å². The molecule has 0 bridgehead atoms. The first-order chi connectivity index (χ1) is 21.8. The van der Waals surface area contributed by atoms with Gasteiger partial charge in [0.1, 0.15) is 0 Å². The number of aryl methyl sites for hydroxylation is 3. The smallest absolute Gasteiger partial charge is 0.416 e. The summed E-state index contributed by atoms with van der Waals surface area (Å²) in [5, 5.41) is 10.5. The minimum absolute atomic E-state index is 0.201. The van der Waals surface area contributed by atoms with Crippen LogP contribution in [0.3, 0.4) is 0 Å². The van der Waals surface area contributed by atoms with Crippen molar-refractivity contribution in [3.8, 4) is 11.1 Å². The first-order valence-electron chi connectivity index (χ1n) is 16.5. The molecule has 0 radical (unpaired) electrons. The Labute approximate surface area is 277 Å². The highest BCUT2D eigenvalue weighted by atomic mass is 19.4. The predicted octanol–water partition coefficient (Wildman–Crippen LogP) is 8.82. The van der Waals surface area contributed by atoms with Crippen LogP contribution in [-0.2, 0) is 35.2 Å². The number of carbonyl (C=O) groups is 1. The van der Waals surface area contributed by atoms with E-state index in [1.165, 1.54) is 11.6 Å². The summed E-state index contributed by atoms with van der Waals surface area (Å²) in [7, 11) is 0. The number of hydrogen-bond donors (Lipinski definition) is 1. The number of aliphatic carboxylic acids is 1. The number of aromatic nitrogens is 1. The zero-order valence-corrected chi connectivity index (χ0v) is 28.9. The van der Waals surface area contributed by atoms with Gasteiger partial charge < -0.3 is 14.7 Å². The van der Waals surface area contributed by atoms with E-state index in [0.717, 1.165) is 78.6 Å². The Morgan fingerprint density at radius 1 is 0.979 bits per heavy atom. The Bertz CT molecular complexity index is 1650. The van der Waals surface area contributed by atoms with Crippen molar-refractivity contribution in [1.29, 1.82) is 0 Å². The monoisotopic (exact) mass is 651 g/mol. The Kier molecular flexibility index (Phi) is 9.56. The van der Waals surface area contributed by atoms with Crippen LogP contribution in [0.25, 0.3) is 11.1 Å². The summed E-state index contributed by atoms with van der Waals surface area (Å²) in [5.74, 6) is -1.04. The Balaban J connectivity index is 1.54. The number of rotatable bonds is 7. The van der Waals surface area contributed by atoms with Gasteiger partial charge in [0.05, 0.1) is 16.9 Å². The fourth-order valence-corrected chi connectivity index (χ4v) is 6.92. The van der Waals surface area contributed by atoms with E-state index >= 15 is 0 Å². The van der Waals surface area contributed by atoms with E-state index in [2.05, 4.69) is 41.8 Å². The number of anilines is 1. The minimum atomic E-state index is -4.37. The number of halogens is 3. The van der Waals surface area contributed by atoms with Crippen LogP contribution in [0.15, 0.2) is 36.4 Å². The van der Waals surface area contributed by atoms with Gasteiger partial charge in [-0.3, -0.25) is 9.88 Å². The summed E-state index contributed by atoms with van der Waals surface area (Å²) in [6.07, 6.45) is -2.84. The van der Waals surface area contributed by atoms with Gasteiger partial charge in [-0.05, 0) is 106 Å². The van der Waals surface area contributed by atoms with Gasteiger partial charge in [0.2, 0.25) is 0 Å². The molecule has 3 aromatic rings. The number of alkyl halides is 3. The minimum Gasteiger partial charge on any atom is -0.479 e. The van der Waals surface area contributed by atoms with Crippen molar-refractivity contribution < 1.29 is 27.8 Å². The van der Waals surface area contributed by atoms with Gasteiger partial charge in [-0.2, -0.15) is 13.2 Å². The lowest BCUT2D eigenvalue weighted by atomic mass is 9.81. The molecule has 1 aromatic heterocycles. The summed E-state index contributed by atoms with van der Waals surface area (Å²) in [6, 6.07) is 10.4. The number of pyridine rings is 1. The average molecular weight is 652 g/mol. The number of fused-ring (bicyclic) bond motifs is 1. The fourth-order valence-electron chi connectivity index (χ4n) is 6.92. The number of benzene rings is 2. The van der Waals surface area contributed by atoms with Crippen molar-refractivity contribution in [1.82, 2.24) is 9.88 Å². The highest BCUT2D eigenvalue weighted by molar-refractivity contribution is 5.88. The largest absolute Gasteiger partial charge is 0.479 e. The SMILES string of the molecule is Cc1ccc(C(F)(F)F)cc1CN1CCc2cc(-c3c(C)nc(C)c(C(OC(C)(C)C)C(=O)O)c3N3CCC(C)(C)CC3)ccc2C1. The lowest BCUT2D eigenvalue weighted by molar-refractivity contribution is -0.160. The second kappa shape index (κ2) is 12.9. The van der Waals surface area contributed by atoms with Gasteiger partial charge >= 0.3 is 12.1 Å². The van der Waals surface area contributed by atoms with Crippen LogP contribution >= 0.6 is 0 Å². The molecule has 2 aliphatic rings. The molecule has 1 fully saturated rings. The topological polar surface area (TPSA) is 65.9 Å². The van der Waals surface area contributed by atoms with Gasteiger partial charge in [0, 0.05) is 55.2 Å². The van der Waals surface area contributed by atoms with Crippen LogP contribution in [-0.4, -0.2) is 46.2 Å². The van der Waals surface area contributed by atoms with Gasteiger partial charge in [-0.1, -0.05) is 38.1 Å². The maximum atomic E-state index is 13.4. The highest BCUT2D eigenvalue weighted by Crippen LogP contribution is 2.45. The number of carboxylic acids is 1. The third-order valence-corrected chi connectivity index (χ3v) is 9.63. The lowest BCUT2D eigenvalue weighted by Crippen LogP contribution is -2.39. The quantitative estimate of drug-likeness (QED) is 0.276. The molecule has 1 atom stereocenters. The summed E-state index contributed by atoms with van der Waals surface area (Å²) in [6.45, 7) is 19.3. The third kappa shape index (κ3) is 7.83. The molecule has 1 N–H and O–H groups in total. The molecule has 3 heterocycles. The molecule has 1 saturated heterocycles. The molecule has 9 heteroatoms. The van der Waals surface area contributed by atoms with E-state index in [1.807, 2.05) is 41.5 Å². The van der Waals surface area contributed by atoms with Crippen molar-refractivity contribution in [2.75, 3.05) is 24.5 Å². The molecule has 0 spiro atoms. The van der Waals surface area contributed by atoms with Crippen LogP contribution in [0.2, 0.25) is 0 Å². The first-order valence-corrected chi connectivity index (χ1v) is 16.5. The number of carboxylic acid groups (broad SMARTS) is 1. The fraction of sp³-hybridized carbons (Fsp3) is 0.526. The zero-order chi connectivity index (χ0) is 34.5. The molecular formula is C38H48F3N3O3. The van der Waals surface area contributed by atoms with E-state index in [9.17, 15) is 23.1 Å². The normalized spacial score (nSPS) is 17.8. The standard InChI is InChI=1S/C38H48F3N3O3/c1-23-9-12-30(38(39,40)41)20-29(23)22-43-16-13-26-19-27(10-11-28(26)21-43)31-24(2)42-25(3)32(34(35(45)46)47-36(4,5)6)33(31)44-17-14-37(7,8)15-18-44/h9-12,19-20,34H,13-18,21-22H2,1-8H3,(H,45,46). The molecule has 254 valence electrons. The number of ether oxygens (including phenoxy) is 1. The second-order valence-electron chi connectivity index (χ2n) is 15.1.